The highest BCUT2D eigenvalue weighted by molar-refractivity contribution is 6.31. The van der Waals surface area contributed by atoms with Crippen LogP contribution in [-0.4, -0.2) is 47.9 Å². The van der Waals surface area contributed by atoms with Crippen molar-refractivity contribution in [3.8, 4) is 0 Å². The fourth-order valence-corrected chi connectivity index (χ4v) is 3.81. The van der Waals surface area contributed by atoms with E-state index < -0.39 is 17.7 Å². The number of carbonyl (C=O) groups excluding carboxylic acids is 1. The molecule has 0 radical (unpaired) electrons. The number of anilines is 1. The van der Waals surface area contributed by atoms with Gasteiger partial charge in [0.15, 0.2) is 0 Å². The zero-order chi connectivity index (χ0) is 20.3. The minimum absolute atomic E-state index is 0.00997. The predicted molar refractivity (Wildman–Crippen MR) is 107 cm³/mol. The Morgan fingerprint density at radius 2 is 1.68 bits per heavy atom. The van der Waals surface area contributed by atoms with Gasteiger partial charge in [0.05, 0.1) is 11.7 Å². The van der Waals surface area contributed by atoms with Crippen molar-refractivity contribution in [2.24, 2.45) is 0 Å². The van der Waals surface area contributed by atoms with Crippen molar-refractivity contribution >= 4 is 23.2 Å². The third-order valence-corrected chi connectivity index (χ3v) is 5.71. The molecule has 1 saturated heterocycles. The number of piperazine rings is 1. The van der Waals surface area contributed by atoms with Crippen LogP contribution >= 0.6 is 11.6 Å². The van der Waals surface area contributed by atoms with Crippen molar-refractivity contribution in [1.29, 1.82) is 0 Å². The maximum atomic E-state index is 13.8. The van der Waals surface area contributed by atoms with E-state index in [2.05, 4.69) is 22.0 Å². The number of hydrogen-bond donors (Lipinski definition) is 1. The van der Waals surface area contributed by atoms with Crippen molar-refractivity contribution in [2.45, 2.75) is 25.9 Å². The molecule has 2 aromatic carbocycles. The smallest absolute Gasteiger partial charge is 0.241 e. The van der Waals surface area contributed by atoms with Crippen molar-refractivity contribution in [2.75, 3.05) is 31.5 Å². The maximum absolute atomic E-state index is 13.8. The van der Waals surface area contributed by atoms with Crippen molar-refractivity contribution in [1.82, 2.24) is 9.80 Å². The van der Waals surface area contributed by atoms with Crippen molar-refractivity contribution in [3.63, 3.8) is 0 Å². The van der Waals surface area contributed by atoms with Crippen molar-refractivity contribution < 1.29 is 13.6 Å². The van der Waals surface area contributed by atoms with Gasteiger partial charge in [0, 0.05) is 43.3 Å². The zero-order valence-corrected chi connectivity index (χ0v) is 16.7. The number of amides is 1. The van der Waals surface area contributed by atoms with E-state index >= 15 is 0 Å². The number of nitrogens with one attached hydrogen (secondary N) is 1. The highest BCUT2D eigenvalue weighted by Crippen LogP contribution is 2.28. The summed E-state index contributed by atoms with van der Waals surface area (Å²) in [6.45, 7) is 6.96. The Kier molecular flexibility index (Phi) is 6.65. The Balaban J connectivity index is 1.56. The second-order valence-corrected chi connectivity index (χ2v) is 7.47. The van der Waals surface area contributed by atoms with E-state index in [4.69, 9.17) is 11.6 Å². The van der Waals surface area contributed by atoms with E-state index in [1.165, 1.54) is 6.07 Å². The Bertz CT molecular complexity index is 840. The molecule has 4 nitrogen and oxygen atoms in total. The van der Waals surface area contributed by atoms with Crippen LogP contribution in [0.25, 0.3) is 0 Å². The minimum Gasteiger partial charge on any atom is -0.322 e. The summed E-state index contributed by atoms with van der Waals surface area (Å²) in [5, 5.41) is 3.30. The molecule has 2 aromatic rings. The van der Waals surface area contributed by atoms with Gasteiger partial charge in [-0.05, 0) is 37.6 Å². The van der Waals surface area contributed by atoms with Crippen molar-refractivity contribution in [3.05, 3.63) is 64.7 Å². The molecule has 2 unspecified atom stereocenters. The summed E-state index contributed by atoms with van der Waals surface area (Å²) in [6, 6.07) is 10.7. The molecule has 7 heteroatoms. The lowest BCUT2D eigenvalue weighted by Gasteiger charge is -2.40. The monoisotopic (exact) mass is 407 g/mol. The van der Waals surface area contributed by atoms with Crippen LogP contribution in [0.4, 0.5) is 14.5 Å². The average molecular weight is 408 g/mol. The summed E-state index contributed by atoms with van der Waals surface area (Å²) in [7, 11) is 0. The van der Waals surface area contributed by atoms with E-state index in [1.807, 2.05) is 24.3 Å². The summed E-state index contributed by atoms with van der Waals surface area (Å²) >= 11 is 6.31. The van der Waals surface area contributed by atoms with Gasteiger partial charge in [0.2, 0.25) is 5.91 Å². The number of carbonyl (C=O) groups is 1. The van der Waals surface area contributed by atoms with Crippen LogP contribution in [0.3, 0.4) is 0 Å². The highest BCUT2D eigenvalue weighted by Gasteiger charge is 2.28. The molecule has 0 aromatic heterocycles. The molecule has 150 valence electrons. The molecule has 2 atom stereocenters. The lowest BCUT2D eigenvalue weighted by molar-refractivity contribution is -0.121. The number of halogens is 3. The molecule has 0 aliphatic carbocycles. The summed E-state index contributed by atoms with van der Waals surface area (Å²) in [6.07, 6.45) is 0. The Morgan fingerprint density at radius 3 is 2.32 bits per heavy atom. The van der Waals surface area contributed by atoms with Gasteiger partial charge in [-0.15, -0.1) is 0 Å². The molecule has 3 rings (SSSR count). The number of rotatable bonds is 5. The van der Waals surface area contributed by atoms with Gasteiger partial charge in [0.1, 0.15) is 11.6 Å². The number of hydrogen-bond acceptors (Lipinski definition) is 3. The topological polar surface area (TPSA) is 35.6 Å². The second kappa shape index (κ2) is 8.99. The maximum Gasteiger partial charge on any atom is 0.241 e. The quantitative estimate of drug-likeness (QED) is 0.801. The lowest BCUT2D eigenvalue weighted by Crippen LogP contribution is -2.53. The molecule has 0 saturated carbocycles. The van der Waals surface area contributed by atoms with E-state index in [0.29, 0.717) is 0 Å². The SMILES string of the molecule is CC(C(=O)Nc1ccc(F)cc1F)N1CCN(C(C)c2ccccc2Cl)CC1. The fraction of sp³-hybridized carbons (Fsp3) is 0.381. The second-order valence-electron chi connectivity index (χ2n) is 7.06. The van der Waals surface area contributed by atoms with Crippen LogP contribution in [0.2, 0.25) is 5.02 Å². The largest absolute Gasteiger partial charge is 0.322 e. The first-order chi connectivity index (χ1) is 13.4. The first-order valence-corrected chi connectivity index (χ1v) is 9.73. The van der Waals surface area contributed by atoms with Gasteiger partial charge < -0.3 is 5.32 Å². The Morgan fingerprint density at radius 1 is 1.04 bits per heavy atom. The van der Waals surface area contributed by atoms with Gasteiger partial charge in [-0.2, -0.15) is 0 Å². The molecule has 1 amide bonds. The van der Waals surface area contributed by atoms with Crippen LogP contribution in [0.1, 0.15) is 25.5 Å². The van der Waals surface area contributed by atoms with E-state index in [0.717, 1.165) is 48.9 Å². The molecule has 1 fully saturated rings. The lowest BCUT2D eigenvalue weighted by atomic mass is 10.1. The third-order valence-electron chi connectivity index (χ3n) is 5.37. The molecular formula is C21H24ClF2N3O. The average Bonchev–Trinajstić information content (AvgIpc) is 2.69. The van der Waals surface area contributed by atoms with Gasteiger partial charge >= 0.3 is 0 Å². The summed E-state index contributed by atoms with van der Waals surface area (Å²) in [4.78, 5) is 16.9. The third kappa shape index (κ3) is 4.69. The van der Waals surface area contributed by atoms with Gasteiger partial charge in [-0.1, -0.05) is 29.8 Å². The Hall–Kier alpha value is -2.02. The van der Waals surface area contributed by atoms with Crippen LogP contribution in [0.15, 0.2) is 42.5 Å². The molecule has 1 aliphatic heterocycles. The molecule has 1 aliphatic rings. The zero-order valence-electron chi connectivity index (χ0n) is 16.0. The fourth-order valence-electron chi connectivity index (χ4n) is 3.52. The first kappa shape index (κ1) is 20.7. The van der Waals surface area contributed by atoms with E-state index in [1.54, 1.807) is 6.92 Å². The highest BCUT2D eigenvalue weighted by atomic mass is 35.5. The van der Waals surface area contributed by atoms with E-state index in [-0.39, 0.29) is 17.6 Å². The first-order valence-electron chi connectivity index (χ1n) is 9.35. The molecule has 0 bridgehead atoms. The predicted octanol–water partition coefficient (Wildman–Crippen LogP) is 4.32. The van der Waals surface area contributed by atoms with Crippen LogP contribution in [0.5, 0.6) is 0 Å². The van der Waals surface area contributed by atoms with Gasteiger partial charge in [-0.3, -0.25) is 14.6 Å². The summed E-state index contributed by atoms with van der Waals surface area (Å²) in [5.41, 5.74) is 1.08. The molecule has 0 spiro atoms. The molecular weight excluding hydrogens is 384 g/mol. The Labute approximate surface area is 169 Å². The van der Waals surface area contributed by atoms with Crippen LogP contribution in [0, 0.1) is 11.6 Å². The summed E-state index contributed by atoms with van der Waals surface area (Å²) < 4.78 is 26.8. The molecule has 1 N–H and O–H groups in total. The summed E-state index contributed by atoms with van der Waals surface area (Å²) in [5.74, 6) is -1.76. The van der Waals surface area contributed by atoms with Gasteiger partial charge in [0.25, 0.3) is 0 Å². The number of nitrogens with zero attached hydrogens (tertiary/aromatic N) is 2. The molecule has 28 heavy (non-hydrogen) atoms. The van der Waals surface area contributed by atoms with E-state index in [9.17, 15) is 13.6 Å². The van der Waals surface area contributed by atoms with Gasteiger partial charge in [-0.25, -0.2) is 8.78 Å². The minimum atomic E-state index is -0.779. The van der Waals surface area contributed by atoms with Crippen LogP contribution < -0.4 is 5.32 Å². The van der Waals surface area contributed by atoms with Crippen LogP contribution in [-0.2, 0) is 4.79 Å². The molecule has 1 heterocycles. The standard InChI is InChI=1S/C21H24ClF2N3O/c1-14(17-5-3-4-6-18(17)22)26-9-11-27(12-10-26)15(2)21(28)25-20-8-7-16(23)13-19(20)24/h3-8,13-15H,9-12H2,1-2H3,(H,25,28). The normalized spacial score (nSPS) is 17.9. The number of benzene rings is 2.